The Kier molecular flexibility index (Phi) is 4.64. The number of nitrogens with two attached hydrogens (primary N) is 1. The summed E-state index contributed by atoms with van der Waals surface area (Å²) in [5, 5.41) is 11.9. The second-order valence-electron chi connectivity index (χ2n) is 3.94. The molecule has 0 fully saturated rings. The Bertz CT molecular complexity index is 284. The van der Waals surface area contributed by atoms with E-state index in [9.17, 15) is 0 Å². The van der Waals surface area contributed by atoms with Crippen LogP contribution in [-0.4, -0.2) is 26.2 Å². The number of hydrogen-bond donors (Lipinski definition) is 2. The standard InChI is InChI=1S/C9H20N6/c1-4-5-7(2)8(11-10)6-9-12-14-15(3)13-9/h7-8,11H,4-6,10H2,1-3H3. The largest absolute Gasteiger partial charge is 0.271 e. The van der Waals surface area contributed by atoms with Crippen LogP contribution in [0.2, 0.25) is 0 Å². The Morgan fingerprint density at radius 2 is 2.27 bits per heavy atom. The molecule has 0 saturated heterocycles. The average molecular weight is 212 g/mol. The third kappa shape index (κ3) is 3.56. The minimum Gasteiger partial charge on any atom is -0.271 e. The predicted molar refractivity (Wildman–Crippen MR) is 57.7 cm³/mol. The molecule has 1 aromatic heterocycles. The van der Waals surface area contributed by atoms with Crippen molar-refractivity contribution in [1.29, 1.82) is 0 Å². The van der Waals surface area contributed by atoms with E-state index in [1.54, 1.807) is 7.05 Å². The van der Waals surface area contributed by atoms with Crippen molar-refractivity contribution in [1.82, 2.24) is 25.6 Å². The molecule has 0 aliphatic heterocycles. The minimum absolute atomic E-state index is 0.217. The summed E-state index contributed by atoms with van der Waals surface area (Å²) < 4.78 is 0. The van der Waals surface area contributed by atoms with E-state index in [2.05, 4.69) is 34.7 Å². The normalized spacial score (nSPS) is 15.2. The van der Waals surface area contributed by atoms with Crippen molar-refractivity contribution in [2.24, 2.45) is 18.8 Å². The molecular formula is C9H20N6. The Labute approximate surface area is 90.2 Å². The van der Waals surface area contributed by atoms with Crippen LogP contribution in [0.3, 0.4) is 0 Å². The van der Waals surface area contributed by atoms with E-state index in [-0.39, 0.29) is 6.04 Å². The summed E-state index contributed by atoms with van der Waals surface area (Å²) in [6.07, 6.45) is 3.04. The van der Waals surface area contributed by atoms with Crippen LogP contribution in [0.15, 0.2) is 0 Å². The average Bonchev–Trinajstić information content (AvgIpc) is 2.61. The van der Waals surface area contributed by atoms with E-state index in [0.29, 0.717) is 5.92 Å². The number of hydrazine groups is 1. The third-order valence-electron chi connectivity index (χ3n) is 2.60. The summed E-state index contributed by atoms with van der Waals surface area (Å²) in [7, 11) is 1.76. The van der Waals surface area contributed by atoms with E-state index in [0.717, 1.165) is 25.1 Å². The van der Waals surface area contributed by atoms with Crippen LogP contribution in [0.4, 0.5) is 0 Å². The second kappa shape index (κ2) is 5.77. The van der Waals surface area contributed by atoms with Gasteiger partial charge in [0.15, 0.2) is 5.82 Å². The first kappa shape index (κ1) is 12.1. The Balaban J connectivity index is 2.53. The van der Waals surface area contributed by atoms with E-state index in [4.69, 9.17) is 5.84 Å². The summed E-state index contributed by atoms with van der Waals surface area (Å²) >= 11 is 0. The molecule has 86 valence electrons. The minimum atomic E-state index is 0.217. The highest BCUT2D eigenvalue weighted by atomic mass is 15.6. The van der Waals surface area contributed by atoms with Gasteiger partial charge in [-0.3, -0.25) is 11.3 Å². The van der Waals surface area contributed by atoms with Gasteiger partial charge in [-0.1, -0.05) is 20.3 Å². The van der Waals surface area contributed by atoms with Crippen LogP contribution in [0.5, 0.6) is 0 Å². The zero-order valence-electron chi connectivity index (χ0n) is 9.64. The van der Waals surface area contributed by atoms with Crippen molar-refractivity contribution in [2.45, 2.75) is 39.2 Å². The molecule has 2 unspecified atom stereocenters. The number of rotatable bonds is 6. The van der Waals surface area contributed by atoms with Gasteiger partial charge in [-0.25, -0.2) is 0 Å². The lowest BCUT2D eigenvalue weighted by Gasteiger charge is -2.21. The van der Waals surface area contributed by atoms with Crippen LogP contribution < -0.4 is 11.3 Å². The molecule has 3 N–H and O–H groups in total. The molecule has 0 amide bonds. The van der Waals surface area contributed by atoms with Crippen molar-refractivity contribution >= 4 is 0 Å². The van der Waals surface area contributed by atoms with Crippen molar-refractivity contribution in [2.75, 3.05) is 0 Å². The van der Waals surface area contributed by atoms with Gasteiger partial charge >= 0.3 is 0 Å². The molecule has 0 radical (unpaired) electrons. The first-order valence-electron chi connectivity index (χ1n) is 5.36. The lowest BCUT2D eigenvalue weighted by molar-refractivity contribution is 0.352. The van der Waals surface area contributed by atoms with Crippen LogP contribution in [0.25, 0.3) is 0 Å². The van der Waals surface area contributed by atoms with Gasteiger partial charge in [-0.15, -0.1) is 10.2 Å². The maximum atomic E-state index is 5.53. The molecule has 6 nitrogen and oxygen atoms in total. The maximum absolute atomic E-state index is 5.53. The molecule has 0 aliphatic carbocycles. The summed E-state index contributed by atoms with van der Waals surface area (Å²) in [5.41, 5.74) is 2.83. The molecule has 15 heavy (non-hydrogen) atoms. The molecule has 1 rings (SSSR count). The van der Waals surface area contributed by atoms with Gasteiger partial charge in [-0.05, 0) is 17.6 Å². The van der Waals surface area contributed by atoms with Gasteiger partial charge in [0.2, 0.25) is 0 Å². The first-order chi connectivity index (χ1) is 7.17. The number of tetrazole rings is 1. The Morgan fingerprint density at radius 1 is 1.53 bits per heavy atom. The van der Waals surface area contributed by atoms with Crippen molar-refractivity contribution < 1.29 is 0 Å². The highest BCUT2D eigenvalue weighted by Gasteiger charge is 2.17. The van der Waals surface area contributed by atoms with Crippen LogP contribution in [0, 0.1) is 5.92 Å². The molecule has 0 aromatic carbocycles. The van der Waals surface area contributed by atoms with Crippen LogP contribution >= 0.6 is 0 Å². The topological polar surface area (TPSA) is 81.7 Å². The van der Waals surface area contributed by atoms with E-state index in [1.807, 2.05) is 0 Å². The fourth-order valence-electron chi connectivity index (χ4n) is 1.68. The third-order valence-corrected chi connectivity index (χ3v) is 2.60. The van der Waals surface area contributed by atoms with Crippen LogP contribution in [0.1, 0.15) is 32.5 Å². The molecule has 0 bridgehead atoms. The molecule has 0 aliphatic rings. The lowest BCUT2D eigenvalue weighted by Crippen LogP contribution is -2.41. The second-order valence-corrected chi connectivity index (χ2v) is 3.94. The maximum Gasteiger partial charge on any atom is 0.176 e. The molecule has 6 heteroatoms. The Morgan fingerprint density at radius 3 is 2.73 bits per heavy atom. The molecule has 1 aromatic rings. The summed E-state index contributed by atoms with van der Waals surface area (Å²) in [5.74, 6) is 6.78. The molecule has 0 saturated carbocycles. The van der Waals surface area contributed by atoms with E-state index in [1.165, 1.54) is 4.80 Å². The van der Waals surface area contributed by atoms with E-state index >= 15 is 0 Å². The molecular weight excluding hydrogens is 192 g/mol. The smallest absolute Gasteiger partial charge is 0.176 e. The highest BCUT2D eigenvalue weighted by molar-refractivity contribution is 4.86. The van der Waals surface area contributed by atoms with Crippen LogP contribution in [-0.2, 0) is 13.5 Å². The number of hydrogen-bond acceptors (Lipinski definition) is 5. The SMILES string of the molecule is CCCC(C)C(Cc1nnn(C)n1)NN. The van der Waals surface area contributed by atoms with Gasteiger partial charge in [0.1, 0.15) is 0 Å². The zero-order valence-corrected chi connectivity index (χ0v) is 9.64. The van der Waals surface area contributed by atoms with Gasteiger partial charge in [-0.2, -0.15) is 4.80 Å². The van der Waals surface area contributed by atoms with E-state index < -0.39 is 0 Å². The lowest BCUT2D eigenvalue weighted by atomic mass is 9.95. The number of aromatic nitrogens is 4. The monoisotopic (exact) mass is 212 g/mol. The van der Waals surface area contributed by atoms with Gasteiger partial charge in [0, 0.05) is 12.5 Å². The summed E-state index contributed by atoms with van der Waals surface area (Å²) in [4.78, 5) is 1.47. The predicted octanol–water partition coefficient (Wildman–Crippen LogP) is 0.0207. The summed E-state index contributed by atoms with van der Waals surface area (Å²) in [6, 6.07) is 0.217. The fourth-order valence-corrected chi connectivity index (χ4v) is 1.68. The van der Waals surface area contributed by atoms with Gasteiger partial charge in [0.05, 0.1) is 7.05 Å². The highest BCUT2D eigenvalue weighted by Crippen LogP contribution is 2.12. The number of nitrogens with zero attached hydrogens (tertiary/aromatic N) is 4. The number of nitrogens with one attached hydrogen (secondary N) is 1. The zero-order chi connectivity index (χ0) is 11.3. The van der Waals surface area contributed by atoms with Crippen molar-refractivity contribution in [3.63, 3.8) is 0 Å². The quantitative estimate of drug-likeness (QED) is 0.513. The Hall–Kier alpha value is -1.01. The molecule has 2 atom stereocenters. The van der Waals surface area contributed by atoms with Gasteiger partial charge < -0.3 is 0 Å². The van der Waals surface area contributed by atoms with Crippen molar-refractivity contribution in [3.05, 3.63) is 5.82 Å². The first-order valence-corrected chi connectivity index (χ1v) is 5.36. The van der Waals surface area contributed by atoms with Gasteiger partial charge in [0.25, 0.3) is 0 Å². The van der Waals surface area contributed by atoms with Crippen molar-refractivity contribution in [3.8, 4) is 0 Å². The number of aryl methyl sites for hydroxylation is 1. The fraction of sp³-hybridized carbons (Fsp3) is 0.889. The summed E-state index contributed by atoms with van der Waals surface area (Å²) in [6.45, 7) is 4.36. The molecule has 1 heterocycles. The molecule has 0 spiro atoms.